The number of nitrogens with zero attached hydrogens (tertiary/aromatic N) is 8. The molecule has 1 aliphatic rings. The number of aliphatic hydroxyl groups is 1. The summed E-state index contributed by atoms with van der Waals surface area (Å²) in [5.74, 6) is -4.83. The number of hydrogen-bond acceptors (Lipinski definition) is 14. The first kappa shape index (κ1) is 109. The second-order valence-electron chi connectivity index (χ2n) is 34.7. The van der Waals surface area contributed by atoms with Crippen LogP contribution in [0.4, 0.5) is 0 Å². The second kappa shape index (κ2) is 47.9. The van der Waals surface area contributed by atoms with Gasteiger partial charge >= 0.3 is 29.8 Å². The van der Waals surface area contributed by atoms with E-state index in [0.717, 1.165) is 107 Å². The highest BCUT2D eigenvalue weighted by Gasteiger charge is 2.28. The zero-order chi connectivity index (χ0) is 104. The number of carbonyl (C=O) groups is 8. The Morgan fingerprint density at radius 1 is 0.347 bits per heavy atom. The summed E-state index contributed by atoms with van der Waals surface area (Å²) in [7, 11) is 7.07. The van der Waals surface area contributed by atoms with Gasteiger partial charge in [-0.3, -0.25) is 14.4 Å². The van der Waals surface area contributed by atoms with Gasteiger partial charge in [0.25, 0.3) is 17.7 Å². The van der Waals surface area contributed by atoms with Crippen molar-refractivity contribution in [3.8, 4) is 0 Å². The van der Waals surface area contributed by atoms with Gasteiger partial charge in [-0.05, 0) is 256 Å². The normalized spacial score (nSPS) is 12.1. The predicted octanol–water partition coefficient (Wildman–Crippen LogP) is 28.8. The van der Waals surface area contributed by atoms with Gasteiger partial charge in [0.1, 0.15) is 28.4 Å². The summed E-state index contributed by atoms with van der Waals surface area (Å²) in [6.45, 7) is 9.96. The van der Waals surface area contributed by atoms with Crippen LogP contribution >= 0.6 is 183 Å². The molecule has 1 fully saturated rings. The van der Waals surface area contributed by atoms with Crippen LogP contribution in [0.5, 0.6) is 0 Å². The van der Waals surface area contributed by atoms with Crippen molar-refractivity contribution in [2.75, 3.05) is 67.5 Å². The Morgan fingerprint density at radius 3 is 1.02 bits per heavy atom. The van der Waals surface area contributed by atoms with Crippen molar-refractivity contribution in [2.45, 2.75) is 88.3 Å². The summed E-state index contributed by atoms with van der Waals surface area (Å²) in [5, 5.41) is 56.2. The minimum atomic E-state index is -1.06. The molecule has 5 N–H and O–H groups in total. The molecule has 37 heteroatoms. The lowest BCUT2D eigenvalue weighted by Gasteiger charge is -2.32. The van der Waals surface area contributed by atoms with E-state index in [9.17, 15) is 58.8 Å². The average Bonchev–Trinajstić information content (AvgIpc) is 1.63. The molecule has 3 amide bonds. The first-order valence-corrected chi connectivity index (χ1v) is 51.9. The fourth-order valence-corrected chi connectivity index (χ4v) is 22.1. The summed E-state index contributed by atoms with van der Waals surface area (Å²) in [4.78, 5) is 111. The Kier molecular flexibility index (Phi) is 36.3. The molecule has 144 heavy (non-hydrogen) atoms. The number of esters is 1. The van der Waals surface area contributed by atoms with E-state index >= 15 is 0 Å². The van der Waals surface area contributed by atoms with Crippen molar-refractivity contribution in [1.29, 1.82) is 0 Å². The Balaban J connectivity index is 0.000000152. The van der Waals surface area contributed by atoms with Crippen LogP contribution in [0, 0.1) is 0 Å². The Labute approximate surface area is 908 Å². The van der Waals surface area contributed by atoms with E-state index in [-0.39, 0.29) is 60.2 Å². The number of carbonyl (C=O) groups excluding carboxylic acids is 4. The molecule has 0 atom stereocenters. The lowest BCUT2D eigenvalue weighted by molar-refractivity contribution is 0.00681. The van der Waals surface area contributed by atoms with Gasteiger partial charge in [0.2, 0.25) is 0 Å². The maximum atomic E-state index is 12.9. The SMILES string of the molecule is CC(C)(C)OC(=O)c1ccc(Cn2c(C(=O)O)cc3c(Cl)cc(Cc4ccc(Cl)c(Cl)c4)cc32)cc1.CN(C)C(=O)c1ccc(Cn2c(C(=O)O)cc3c(Cl)cc(Sc4ccc(Cl)c(Cl)c4)cc32)cc1.CN(CCO)C(=O)c1ccc(Cn2c(C(=O)O)cc3c(Br)cc(Sc4ccc(Cl)c(Cl)c4)cc32)cc1.CN1CCN(C(=O)c2ccc(Cn3c(C(=O)O)cc4c(Br)cc(Sc5ccc(Cl)c(Cl)c5)cc43)cc2)CC1. The van der Waals surface area contributed by atoms with Crippen LogP contribution in [0.15, 0.2) is 281 Å². The van der Waals surface area contributed by atoms with Gasteiger partial charge in [-0.1, -0.05) is 238 Å². The summed E-state index contributed by atoms with van der Waals surface area (Å²) in [5.41, 5.74) is 10.3. The monoisotopic (exact) mass is 2310 g/mol. The molecule has 12 aromatic carbocycles. The number of carboxylic acids is 4. The van der Waals surface area contributed by atoms with Gasteiger partial charge in [-0.15, -0.1) is 0 Å². The van der Waals surface area contributed by atoms with Crippen LogP contribution in [0.2, 0.25) is 50.2 Å². The van der Waals surface area contributed by atoms with Crippen LogP contribution in [-0.4, -0.2) is 184 Å². The number of aromatic nitrogens is 4. The highest BCUT2D eigenvalue weighted by molar-refractivity contribution is 9.11. The largest absolute Gasteiger partial charge is 0.477 e. The molecule has 0 saturated carbocycles. The number of piperazine rings is 1. The van der Waals surface area contributed by atoms with E-state index in [1.54, 1.807) is 179 Å². The fraction of sp³-hybridized carbons (Fsp3) is 0.178. The number of halogens is 12. The number of fused-ring (bicyclic) bond motifs is 4. The number of aliphatic hydroxyl groups excluding tert-OH is 1. The number of amides is 3. The van der Waals surface area contributed by atoms with E-state index in [0.29, 0.717) is 133 Å². The Hall–Kier alpha value is -10.6. The minimum Gasteiger partial charge on any atom is -0.477 e. The van der Waals surface area contributed by atoms with E-state index in [2.05, 4.69) is 43.8 Å². The van der Waals surface area contributed by atoms with E-state index in [1.165, 1.54) is 45.1 Å². The van der Waals surface area contributed by atoms with Gasteiger partial charge in [-0.2, -0.15) is 0 Å². The molecule has 0 bridgehead atoms. The summed E-state index contributed by atoms with van der Waals surface area (Å²) < 4.78 is 14.0. The molecule has 17 rings (SSSR count). The Morgan fingerprint density at radius 2 is 0.660 bits per heavy atom. The highest BCUT2D eigenvalue weighted by atomic mass is 79.9. The second-order valence-corrected chi connectivity index (χ2v) is 43.9. The van der Waals surface area contributed by atoms with E-state index in [1.807, 2.05) is 129 Å². The number of aromatic carboxylic acids is 4. The summed E-state index contributed by atoms with van der Waals surface area (Å²) >= 11 is 73.6. The number of benzene rings is 12. The molecular weight excluding hydrogens is 2230 g/mol. The highest BCUT2D eigenvalue weighted by Crippen LogP contribution is 2.44. The quantitative estimate of drug-likeness (QED) is 0.0315. The lowest BCUT2D eigenvalue weighted by atomic mass is 10.0. The number of rotatable bonds is 26. The van der Waals surface area contributed by atoms with Crippen molar-refractivity contribution in [1.82, 2.24) is 37.9 Å². The molecule has 22 nitrogen and oxygen atoms in total. The number of carboxylic acid groups (broad SMARTS) is 4. The van der Waals surface area contributed by atoms with Crippen LogP contribution in [0.25, 0.3) is 43.6 Å². The molecule has 742 valence electrons. The van der Waals surface area contributed by atoms with Crippen molar-refractivity contribution in [3.05, 3.63) is 380 Å². The van der Waals surface area contributed by atoms with Crippen molar-refractivity contribution >= 4 is 274 Å². The average molecular weight is 2320 g/mol. The smallest absolute Gasteiger partial charge is 0.352 e. The van der Waals surface area contributed by atoms with Gasteiger partial charge in [0.15, 0.2) is 0 Å². The summed E-state index contributed by atoms with van der Waals surface area (Å²) in [6, 6.07) is 71.9. The first-order chi connectivity index (χ1) is 68.4. The summed E-state index contributed by atoms with van der Waals surface area (Å²) in [6.07, 6.45) is 0.546. The maximum Gasteiger partial charge on any atom is 0.352 e. The zero-order valence-electron chi connectivity index (χ0n) is 77.6. The molecule has 5 heterocycles. The van der Waals surface area contributed by atoms with Gasteiger partial charge in [0.05, 0.1) is 84.5 Å². The number of hydrogen-bond donors (Lipinski definition) is 5. The predicted molar refractivity (Wildman–Crippen MR) is 585 cm³/mol. The maximum absolute atomic E-state index is 12.9. The molecular formula is C107H88Br2Cl10N8O14S3. The lowest BCUT2D eigenvalue weighted by Crippen LogP contribution is -2.47. The van der Waals surface area contributed by atoms with Crippen molar-refractivity contribution in [2.24, 2.45) is 0 Å². The number of ether oxygens (including phenoxy) is 1. The van der Waals surface area contributed by atoms with Gasteiger partial charge in [-0.25, -0.2) is 24.0 Å². The zero-order valence-corrected chi connectivity index (χ0v) is 90.8. The van der Waals surface area contributed by atoms with Crippen LogP contribution in [0.3, 0.4) is 0 Å². The fourth-order valence-electron chi connectivity index (χ4n) is 15.8. The third-order valence-electron chi connectivity index (χ3n) is 23.0. The number of likely N-dealkylation sites (N-methyl/N-ethyl adjacent to an activating group) is 2. The van der Waals surface area contributed by atoms with E-state index < -0.39 is 35.4 Å². The molecule has 1 saturated heterocycles. The van der Waals surface area contributed by atoms with Crippen LogP contribution < -0.4 is 0 Å². The van der Waals surface area contributed by atoms with Gasteiger partial charge in [0, 0.05) is 157 Å². The topological polar surface area (TPSA) is 280 Å². The van der Waals surface area contributed by atoms with Crippen molar-refractivity contribution < 1.29 is 68.6 Å². The molecule has 1 aliphatic heterocycles. The molecule has 0 radical (unpaired) electrons. The Bertz CT molecular complexity index is 7660. The molecule has 4 aromatic heterocycles. The molecule has 0 aliphatic carbocycles. The van der Waals surface area contributed by atoms with Crippen LogP contribution in [-0.2, 0) is 37.3 Å². The first-order valence-electron chi connectivity index (χ1n) is 44.1. The third kappa shape index (κ3) is 27.0. The minimum absolute atomic E-state index is 0.0233. The molecule has 0 unspecified atom stereocenters. The van der Waals surface area contributed by atoms with Crippen LogP contribution in [0.1, 0.15) is 138 Å². The third-order valence-corrected chi connectivity index (χ3v) is 30.8. The van der Waals surface area contributed by atoms with E-state index in [4.69, 9.17) is 126 Å². The standard InChI is InChI=1S/C28H24BrCl2N3O3S.C28H24Cl3NO4.C26H21BrCl2N2O4S.C25H19Cl3N2O3S/c1-32-8-10-33(11-9-32)27(35)18-4-2-17(3-5-18)16-34-25-14-20(38-19-6-7-23(30)24(31)13-19)12-22(29)21(25)15-26(34)28(36)37;1-28(2,3)36-27(35)19-7-4-16(5-8-19)15-32-24-13-18(10-17-6-9-21(29)23(31)11-17)12-22(30)20(24)14-25(32)26(33)34;1-30(8-9-32)25(33)16-4-2-15(3-5-16)14-31-23-12-18(36-17-6-7-21(28)22(29)11-17)10-20(27)19(23)13-24(31)26(34)35;1-29(2)24(31)15-5-3-14(4-6-15)13-30-22-11-17(34-16-7-8-19(26)21(28)9-16)10-20(27)18(22)12-23(30)25(32)33/h2-7,12-15H,8-11,16H2,1H3,(H,36,37);4-9,11-14H,10,15H2,1-3H3,(H,33,34);2-7,10-13,32H,8-9,14H2,1H3,(H,34,35);3-12H,13H2,1-2H3,(H,32,33). The molecule has 16 aromatic rings. The molecule has 0 spiro atoms. The van der Waals surface area contributed by atoms with Gasteiger partial charge < -0.3 is 68.1 Å². The van der Waals surface area contributed by atoms with Crippen molar-refractivity contribution in [3.63, 3.8) is 0 Å².